The maximum Gasteiger partial charge on any atom is 0.248 e. The van der Waals surface area contributed by atoms with Gasteiger partial charge in [-0.2, -0.15) is 0 Å². The molecule has 154 valence electrons. The van der Waals surface area contributed by atoms with Gasteiger partial charge in [-0.25, -0.2) is 13.2 Å². The molecule has 0 aliphatic rings. The number of benzene rings is 2. The van der Waals surface area contributed by atoms with Crippen LogP contribution < -0.4 is 14.2 Å². The molecule has 0 spiro atoms. The van der Waals surface area contributed by atoms with Gasteiger partial charge < -0.3 is 14.2 Å². The number of hydrogen-bond acceptors (Lipinski definition) is 6. The first kappa shape index (κ1) is 20.8. The SMILES string of the molecule is COc1cc(-c2nnc(SCC(F)F)n2-c2ccccc2F)cc(OC)c1OC. The molecule has 0 bridgehead atoms. The van der Waals surface area contributed by atoms with Crippen molar-refractivity contribution in [1.82, 2.24) is 14.8 Å². The van der Waals surface area contributed by atoms with Crippen molar-refractivity contribution in [2.45, 2.75) is 11.6 Å². The second-order valence-electron chi connectivity index (χ2n) is 5.71. The number of methoxy groups -OCH3 is 3. The third-order valence-corrected chi connectivity index (χ3v) is 4.93. The summed E-state index contributed by atoms with van der Waals surface area (Å²) in [5.41, 5.74) is 0.622. The summed E-state index contributed by atoms with van der Waals surface area (Å²) in [5.74, 6) is 0.314. The molecule has 0 atom stereocenters. The number of hydrogen-bond donors (Lipinski definition) is 0. The molecule has 10 heteroatoms. The minimum atomic E-state index is -2.55. The van der Waals surface area contributed by atoms with Gasteiger partial charge in [-0.05, 0) is 24.3 Å². The van der Waals surface area contributed by atoms with Crippen molar-refractivity contribution in [3.8, 4) is 34.3 Å². The van der Waals surface area contributed by atoms with Crippen LogP contribution in [-0.4, -0.2) is 48.3 Å². The third kappa shape index (κ3) is 4.26. The lowest BCUT2D eigenvalue weighted by Gasteiger charge is -2.15. The lowest BCUT2D eigenvalue weighted by atomic mass is 10.1. The van der Waals surface area contributed by atoms with Crippen LogP contribution in [0.4, 0.5) is 13.2 Å². The quantitative estimate of drug-likeness (QED) is 0.497. The Morgan fingerprint density at radius 3 is 2.21 bits per heavy atom. The molecule has 1 aromatic heterocycles. The Kier molecular flexibility index (Phi) is 6.53. The highest BCUT2D eigenvalue weighted by molar-refractivity contribution is 7.99. The van der Waals surface area contributed by atoms with Crippen LogP contribution in [0.2, 0.25) is 0 Å². The number of rotatable bonds is 8. The molecule has 0 unspecified atom stereocenters. The lowest BCUT2D eigenvalue weighted by Crippen LogP contribution is -2.04. The average molecular weight is 425 g/mol. The third-order valence-electron chi connectivity index (χ3n) is 3.99. The smallest absolute Gasteiger partial charge is 0.248 e. The molecule has 3 aromatic rings. The zero-order valence-electron chi connectivity index (χ0n) is 15.9. The molecule has 1 heterocycles. The number of halogens is 3. The summed E-state index contributed by atoms with van der Waals surface area (Å²) in [7, 11) is 4.40. The topological polar surface area (TPSA) is 58.4 Å². The maximum absolute atomic E-state index is 14.5. The minimum absolute atomic E-state index is 0.137. The van der Waals surface area contributed by atoms with Gasteiger partial charge in [0.2, 0.25) is 12.2 Å². The van der Waals surface area contributed by atoms with E-state index < -0.39 is 18.0 Å². The van der Waals surface area contributed by atoms with Gasteiger partial charge >= 0.3 is 0 Å². The zero-order valence-corrected chi connectivity index (χ0v) is 16.7. The van der Waals surface area contributed by atoms with Crippen LogP contribution in [0, 0.1) is 5.82 Å². The van der Waals surface area contributed by atoms with Crippen LogP contribution in [-0.2, 0) is 0 Å². The summed E-state index contributed by atoms with van der Waals surface area (Å²) < 4.78 is 57.4. The van der Waals surface area contributed by atoms with E-state index in [1.807, 2.05) is 0 Å². The van der Waals surface area contributed by atoms with E-state index in [-0.39, 0.29) is 16.7 Å². The van der Waals surface area contributed by atoms with Crippen molar-refractivity contribution in [2.75, 3.05) is 27.1 Å². The fourth-order valence-electron chi connectivity index (χ4n) is 2.75. The second-order valence-corrected chi connectivity index (χ2v) is 6.70. The predicted molar refractivity (Wildman–Crippen MR) is 103 cm³/mol. The van der Waals surface area contributed by atoms with Gasteiger partial charge in [-0.1, -0.05) is 23.9 Å². The van der Waals surface area contributed by atoms with Gasteiger partial charge in [0.15, 0.2) is 22.5 Å². The molecule has 6 nitrogen and oxygen atoms in total. The summed E-state index contributed by atoms with van der Waals surface area (Å²) in [4.78, 5) is 0. The number of ether oxygens (including phenoxy) is 3. The Hall–Kier alpha value is -2.88. The van der Waals surface area contributed by atoms with E-state index in [0.717, 1.165) is 11.8 Å². The summed E-state index contributed by atoms with van der Waals surface area (Å²) in [6, 6.07) is 9.23. The normalized spacial score (nSPS) is 11.0. The van der Waals surface area contributed by atoms with E-state index >= 15 is 0 Å². The first-order chi connectivity index (χ1) is 14.0. The second kappa shape index (κ2) is 9.08. The summed E-state index contributed by atoms with van der Waals surface area (Å²) in [5, 5.41) is 8.25. The van der Waals surface area contributed by atoms with Crippen LogP contribution >= 0.6 is 11.8 Å². The van der Waals surface area contributed by atoms with E-state index in [4.69, 9.17) is 14.2 Å². The van der Waals surface area contributed by atoms with Gasteiger partial charge in [-0.15, -0.1) is 10.2 Å². The Labute approximate surface area is 169 Å². The first-order valence-electron chi connectivity index (χ1n) is 8.41. The van der Waals surface area contributed by atoms with Crippen LogP contribution in [0.3, 0.4) is 0 Å². The van der Waals surface area contributed by atoms with Gasteiger partial charge in [0.05, 0.1) is 32.8 Å². The Morgan fingerprint density at radius 1 is 1.00 bits per heavy atom. The summed E-state index contributed by atoms with van der Waals surface area (Å²) in [6.45, 7) is 0. The number of nitrogens with zero attached hydrogens (tertiary/aromatic N) is 3. The first-order valence-corrected chi connectivity index (χ1v) is 9.40. The number of alkyl halides is 2. The number of thioether (sulfide) groups is 1. The molecule has 0 aliphatic carbocycles. The van der Waals surface area contributed by atoms with Gasteiger partial charge in [0.25, 0.3) is 0 Å². The molecular weight excluding hydrogens is 407 g/mol. The Bertz CT molecular complexity index is 973. The van der Waals surface area contributed by atoms with E-state index in [1.165, 1.54) is 44.1 Å². The van der Waals surface area contributed by atoms with Crippen molar-refractivity contribution in [3.05, 3.63) is 42.2 Å². The highest BCUT2D eigenvalue weighted by atomic mass is 32.2. The molecule has 3 rings (SSSR count). The number of para-hydroxylation sites is 1. The van der Waals surface area contributed by atoms with E-state index in [9.17, 15) is 13.2 Å². The predicted octanol–water partition coefficient (Wildman–Crippen LogP) is 4.46. The Morgan fingerprint density at radius 2 is 1.66 bits per heavy atom. The molecule has 0 radical (unpaired) electrons. The molecule has 0 fully saturated rings. The molecular formula is C19H18F3N3O3S. The van der Waals surface area contributed by atoms with Gasteiger partial charge in [0.1, 0.15) is 5.82 Å². The highest BCUT2D eigenvalue weighted by Crippen LogP contribution is 2.41. The van der Waals surface area contributed by atoms with Crippen LogP contribution in [0.25, 0.3) is 17.1 Å². The molecule has 29 heavy (non-hydrogen) atoms. The van der Waals surface area contributed by atoms with Crippen molar-refractivity contribution in [2.24, 2.45) is 0 Å². The Balaban J connectivity index is 2.21. The van der Waals surface area contributed by atoms with Crippen LogP contribution in [0.15, 0.2) is 41.6 Å². The molecule has 0 amide bonds. The molecule has 0 N–H and O–H groups in total. The van der Waals surface area contributed by atoms with Crippen molar-refractivity contribution >= 4 is 11.8 Å². The van der Waals surface area contributed by atoms with Crippen LogP contribution in [0.5, 0.6) is 17.2 Å². The molecule has 0 saturated carbocycles. The van der Waals surface area contributed by atoms with Crippen molar-refractivity contribution in [3.63, 3.8) is 0 Å². The van der Waals surface area contributed by atoms with Gasteiger partial charge in [0, 0.05) is 5.56 Å². The largest absolute Gasteiger partial charge is 0.493 e. The average Bonchev–Trinajstić information content (AvgIpc) is 3.15. The van der Waals surface area contributed by atoms with Crippen LogP contribution in [0.1, 0.15) is 0 Å². The molecule has 2 aromatic carbocycles. The fraction of sp³-hybridized carbons (Fsp3) is 0.263. The van der Waals surface area contributed by atoms with E-state index in [0.29, 0.717) is 22.8 Å². The summed E-state index contributed by atoms with van der Waals surface area (Å²) >= 11 is 0.787. The zero-order chi connectivity index (χ0) is 21.0. The monoisotopic (exact) mass is 425 g/mol. The van der Waals surface area contributed by atoms with Crippen molar-refractivity contribution < 1.29 is 27.4 Å². The standard InChI is InChI=1S/C19H18F3N3O3S/c1-26-14-8-11(9-15(27-2)17(14)28-3)18-23-24-19(29-10-16(21)22)25(18)13-7-5-4-6-12(13)20/h4-9,16H,10H2,1-3H3. The molecule has 0 aliphatic heterocycles. The minimum Gasteiger partial charge on any atom is -0.493 e. The maximum atomic E-state index is 14.5. The van der Waals surface area contributed by atoms with E-state index in [1.54, 1.807) is 18.2 Å². The molecule has 0 saturated heterocycles. The van der Waals surface area contributed by atoms with E-state index in [2.05, 4.69) is 10.2 Å². The van der Waals surface area contributed by atoms with Crippen molar-refractivity contribution in [1.29, 1.82) is 0 Å². The van der Waals surface area contributed by atoms with Gasteiger partial charge in [-0.3, -0.25) is 4.57 Å². The number of aromatic nitrogens is 3. The lowest BCUT2D eigenvalue weighted by molar-refractivity contribution is 0.176. The highest BCUT2D eigenvalue weighted by Gasteiger charge is 2.22. The summed E-state index contributed by atoms with van der Waals surface area (Å²) in [6.07, 6.45) is -2.55. The fourth-order valence-corrected chi connectivity index (χ4v) is 3.44.